The summed E-state index contributed by atoms with van der Waals surface area (Å²) in [6.07, 6.45) is 3.83. The minimum absolute atomic E-state index is 0.0203. The molecule has 0 spiro atoms. The van der Waals surface area contributed by atoms with Crippen molar-refractivity contribution < 1.29 is 9.59 Å². The number of rotatable bonds is 12. The number of benzene rings is 3. The van der Waals surface area contributed by atoms with Gasteiger partial charge in [-0.1, -0.05) is 78.7 Å². The second-order valence-electron chi connectivity index (χ2n) is 9.27. The van der Waals surface area contributed by atoms with Crippen LogP contribution >= 0.6 is 11.6 Å². The zero-order chi connectivity index (χ0) is 26.0. The Morgan fingerprint density at radius 2 is 1.65 bits per heavy atom. The van der Waals surface area contributed by atoms with Crippen LogP contribution < -0.4 is 5.32 Å². The second kappa shape index (κ2) is 13.1. The first-order valence-corrected chi connectivity index (χ1v) is 13.1. The molecule has 1 aromatic heterocycles. The van der Waals surface area contributed by atoms with Crippen molar-refractivity contribution in [2.24, 2.45) is 0 Å². The van der Waals surface area contributed by atoms with Crippen LogP contribution in [0.2, 0.25) is 5.02 Å². The molecule has 0 bridgehead atoms. The summed E-state index contributed by atoms with van der Waals surface area (Å²) in [5.41, 5.74) is 3.83. The van der Waals surface area contributed by atoms with E-state index in [4.69, 9.17) is 16.6 Å². The molecular weight excluding hydrogens is 484 g/mol. The predicted octanol–water partition coefficient (Wildman–Crippen LogP) is 5.42. The molecule has 2 amide bonds. The second-order valence-corrected chi connectivity index (χ2v) is 9.67. The first-order valence-electron chi connectivity index (χ1n) is 12.7. The van der Waals surface area contributed by atoms with E-state index < -0.39 is 0 Å². The highest BCUT2D eigenvalue weighted by Gasteiger charge is 2.16. The van der Waals surface area contributed by atoms with Crippen molar-refractivity contribution in [3.05, 3.63) is 101 Å². The maximum atomic E-state index is 13.1. The molecule has 0 radical (unpaired) electrons. The number of hydrogen-bond donors (Lipinski definition) is 1. The van der Waals surface area contributed by atoms with Gasteiger partial charge in [-0.15, -0.1) is 0 Å². The largest absolute Gasteiger partial charge is 0.356 e. The van der Waals surface area contributed by atoms with Gasteiger partial charge in [-0.3, -0.25) is 9.59 Å². The molecule has 4 aromatic rings. The number of fused-ring (bicyclic) bond motifs is 1. The van der Waals surface area contributed by atoms with Gasteiger partial charge in [0.15, 0.2) is 0 Å². The number of nitrogens with zero attached hydrogens (tertiary/aromatic N) is 3. The predicted molar refractivity (Wildman–Crippen MR) is 148 cm³/mol. The van der Waals surface area contributed by atoms with Crippen LogP contribution in [0.15, 0.2) is 78.9 Å². The van der Waals surface area contributed by atoms with Crippen LogP contribution in [-0.2, 0) is 35.5 Å². The Morgan fingerprint density at radius 1 is 0.919 bits per heavy atom. The summed E-state index contributed by atoms with van der Waals surface area (Å²) < 4.78 is 2.05. The number of carbonyl (C=O) groups is 2. The molecule has 0 atom stereocenters. The lowest BCUT2D eigenvalue weighted by Gasteiger charge is -2.19. The molecule has 0 aliphatic carbocycles. The van der Waals surface area contributed by atoms with E-state index >= 15 is 0 Å². The lowest BCUT2D eigenvalue weighted by molar-refractivity contribution is -0.131. The fraction of sp³-hybridized carbons (Fsp3) is 0.300. The molecule has 1 heterocycles. The summed E-state index contributed by atoms with van der Waals surface area (Å²) in [6, 6.07) is 25.4. The van der Waals surface area contributed by atoms with Crippen molar-refractivity contribution in [1.29, 1.82) is 0 Å². The molecule has 0 unspecified atom stereocenters. The molecule has 0 fully saturated rings. The number of halogens is 1. The summed E-state index contributed by atoms with van der Waals surface area (Å²) in [5, 5.41) is 3.60. The van der Waals surface area contributed by atoms with Crippen LogP contribution in [-0.4, -0.2) is 39.9 Å². The number of likely N-dealkylation sites (N-methyl/N-ethyl adjacent to an activating group) is 1. The fourth-order valence-electron chi connectivity index (χ4n) is 4.38. The maximum Gasteiger partial charge on any atom is 0.242 e. The van der Waals surface area contributed by atoms with E-state index in [1.807, 2.05) is 84.4 Å². The van der Waals surface area contributed by atoms with E-state index in [0.717, 1.165) is 53.7 Å². The average Bonchev–Trinajstić information content (AvgIpc) is 3.25. The van der Waals surface area contributed by atoms with Gasteiger partial charge >= 0.3 is 0 Å². The highest BCUT2D eigenvalue weighted by molar-refractivity contribution is 6.31. The van der Waals surface area contributed by atoms with Crippen molar-refractivity contribution in [3.63, 3.8) is 0 Å². The molecular formula is C30H33ClN4O2. The van der Waals surface area contributed by atoms with Gasteiger partial charge in [0.1, 0.15) is 12.4 Å². The lowest BCUT2D eigenvalue weighted by Crippen LogP contribution is -2.30. The Kier molecular flexibility index (Phi) is 9.33. The van der Waals surface area contributed by atoms with Crippen LogP contribution in [0.4, 0.5) is 0 Å². The zero-order valence-corrected chi connectivity index (χ0v) is 22.0. The van der Waals surface area contributed by atoms with Crippen LogP contribution in [0.25, 0.3) is 11.0 Å². The van der Waals surface area contributed by atoms with Gasteiger partial charge in [-0.2, -0.15) is 0 Å². The van der Waals surface area contributed by atoms with Gasteiger partial charge in [0.05, 0.1) is 17.5 Å². The molecule has 0 aliphatic rings. The molecule has 4 rings (SSSR count). The topological polar surface area (TPSA) is 67.2 Å². The standard InChI is InChI=1S/C30H33ClN4O2/c1-34(21-23-12-4-2-5-13-23)30(37)22-35-27-17-10-9-16-26(27)33-28(35)18-6-3-11-19-32-29(36)20-24-14-7-8-15-25(24)31/h2,4-5,7-10,12-17H,3,6,11,18-22H2,1H3,(H,32,36). The SMILES string of the molecule is CN(Cc1ccccc1)C(=O)Cn1c(CCCCCNC(=O)Cc2ccccc2Cl)nc2ccccc21. The van der Waals surface area contributed by atoms with Gasteiger partial charge in [0, 0.05) is 31.6 Å². The Hall–Kier alpha value is -3.64. The van der Waals surface area contributed by atoms with Crippen LogP contribution in [0.5, 0.6) is 0 Å². The molecule has 1 N–H and O–H groups in total. The summed E-state index contributed by atoms with van der Waals surface area (Å²) in [4.78, 5) is 31.9. The lowest BCUT2D eigenvalue weighted by atomic mass is 10.1. The Labute approximate surface area is 223 Å². The van der Waals surface area contributed by atoms with Gasteiger partial charge in [-0.05, 0) is 42.2 Å². The number of unbranched alkanes of at least 4 members (excludes halogenated alkanes) is 2. The van der Waals surface area contributed by atoms with Crippen LogP contribution in [0.1, 0.15) is 36.2 Å². The van der Waals surface area contributed by atoms with E-state index in [1.54, 1.807) is 11.0 Å². The van der Waals surface area contributed by atoms with Crippen molar-refractivity contribution in [2.75, 3.05) is 13.6 Å². The first kappa shape index (κ1) is 26.4. The number of carbonyl (C=O) groups excluding carboxylic acids is 2. The van der Waals surface area contributed by atoms with E-state index in [9.17, 15) is 9.59 Å². The fourth-order valence-corrected chi connectivity index (χ4v) is 4.59. The number of para-hydroxylation sites is 2. The monoisotopic (exact) mass is 516 g/mol. The van der Waals surface area contributed by atoms with Crippen molar-refractivity contribution in [2.45, 2.75) is 45.2 Å². The van der Waals surface area contributed by atoms with Gasteiger partial charge in [0.2, 0.25) is 11.8 Å². The summed E-state index contributed by atoms with van der Waals surface area (Å²) in [5.74, 6) is 0.952. The van der Waals surface area contributed by atoms with Gasteiger partial charge in [0.25, 0.3) is 0 Å². The molecule has 37 heavy (non-hydrogen) atoms. The Bertz CT molecular complexity index is 1340. The highest BCUT2D eigenvalue weighted by Crippen LogP contribution is 2.19. The molecule has 6 nitrogen and oxygen atoms in total. The van der Waals surface area contributed by atoms with Crippen LogP contribution in [0.3, 0.4) is 0 Å². The molecule has 7 heteroatoms. The number of hydrogen-bond acceptors (Lipinski definition) is 3. The van der Waals surface area contributed by atoms with Crippen molar-refractivity contribution in [3.8, 4) is 0 Å². The highest BCUT2D eigenvalue weighted by atomic mass is 35.5. The third kappa shape index (κ3) is 7.43. The Morgan fingerprint density at radius 3 is 2.46 bits per heavy atom. The molecule has 3 aromatic carbocycles. The number of imidazole rings is 1. The number of nitrogens with one attached hydrogen (secondary N) is 1. The third-order valence-electron chi connectivity index (χ3n) is 6.42. The third-order valence-corrected chi connectivity index (χ3v) is 6.79. The first-order chi connectivity index (χ1) is 18.0. The van der Waals surface area contributed by atoms with Crippen molar-refractivity contribution >= 4 is 34.4 Å². The normalized spacial score (nSPS) is 11.0. The van der Waals surface area contributed by atoms with E-state index in [0.29, 0.717) is 18.1 Å². The maximum absolute atomic E-state index is 13.1. The minimum atomic E-state index is -0.0203. The summed E-state index contributed by atoms with van der Waals surface area (Å²) in [7, 11) is 1.84. The zero-order valence-electron chi connectivity index (χ0n) is 21.2. The summed E-state index contributed by atoms with van der Waals surface area (Å²) >= 11 is 6.14. The van der Waals surface area contributed by atoms with E-state index in [2.05, 4.69) is 5.32 Å². The summed E-state index contributed by atoms with van der Waals surface area (Å²) in [6.45, 7) is 1.46. The molecule has 0 saturated heterocycles. The van der Waals surface area contributed by atoms with E-state index in [-0.39, 0.29) is 24.8 Å². The smallest absolute Gasteiger partial charge is 0.242 e. The van der Waals surface area contributed by atoms with Gasteiger partial charge < -0.3 is 14.8 Å². The molecule has 0 aliphatic heterocycles. The number of amides is 2. The average molecular weight is 517 g/mol. The quantitative estimate of drug-likeness (QED) is 0.256. The molecule has 0 saturated carbocycles. The Balaban J connectivity index is 1.28. The van der Waals surface area contributed by atoms with Crippen LogP contribution in [0, 0.1) is 0 Å². The van der Waals surface area contributed by atoms with E-state index in [1.165, 1.54) is 0 Å². The van der Waals surface area contributed by atoms with Gasteiger partial charge in [-0.25, -0.2) is 4.98 Å². The number of aryl methyl sites for hydroxylation is 1. The van der Waals surface area contributed by atoms with Crippen molar-refractivity contribution in [1.82, 2.24) is 19.8 Å². The minimum Gasteiger partial charge on any atom is -0.356 e. The number of aromatic nitrogens is 2. The molecule has 192 valence electrons.